The molecule has 1 atom stereocenters. The van der Waals surface area contributed by atoms with Crippen LogP contribution in [-0.2, 0) is 4.79 Å². The molecule has 1 aliphatic heterocycles. The van der Waals surface area contributed by atoms with Crippen LogP contribution in [0.2, 0.25) is 0 Å². The Hall–Kier alpha value is 0.110. The van der Waals surface area contributed by atoms with Crippen LogP contribution in [-0.4, -0.2) is 40.8 Å². The van der Waals surface area contributed by atoms with E-state index in [4.69, 9.17) is 11.6 Å². The normalized spacial score (nSPS) is 22.7. The zero-order valence-electron chi connectivity index (χ0n) is 7.25. The Morgan fingerprint density at radius 3 is 2.92 bits per heavy atom. The summed E-state index contributed by atoms with van der Waals surface area (Å²) < 4.78 is 0. The largest absolute Gasteiger partial charge is 0.338 e. The molecule has 0 saturated carbocycles. The highest BCUT2D eigenvalue weighted by Crippen LogP contribution is 2.22. The number of halogens is 1. The predicted octanol–water partition coefficient (Wildman–Crippen LogP) is 1.58. The van der Waals surface area contributed by atoms with Crippen molar-refractivity contribution >= 4 is 29.3 Å². The van der Waals surface area contributed by atoms with Crippen molar-refractivity contribution in [2.45, 2.75) is 19.4 Å². The first-order valence-electron chi connectivity index (χ1n) is 4.22. The number of alkyl halides is 1. The summed E-state index contributed by atoms with van der Waals surface area (Å²) in [5.74, 6) is 2.45. The van der Waals surface area contributed by atoms with Crippen molar-refractivity contribution in [3.8, 4) is 0 Å². The topological polar surface area (TPSA) is 20.3 Å². The summed E-state index contributed by atoms with van der Waals surface area (Å²) in [4.78, 5) is 13.2. The van der Waals surface area contributed by atoms with Crippen molar-refractivity contribution in [1.82, 2.24) is 4.90 Å². The number of thioether (sulfide) groups is 1. The molecule has 0 aliphatic carbocycles. The quantitative estimate of drug-likeness (QED) is 0.655. The molecular formula is C8H14ClNOS. The SMILES string of the molecule is CCN(C(=O)CCl)C1CCSC1. The van der Waals surface area contributed by atoms with E-state index in [9.17, 15) is 4.79 Å². The molecule has 12 heavy (non-hydrogen) atoms. The molecule has 0 radical (unpaired) electrons. The summed E-state index contributed by atoms with van der Waals surface area (Å²) in [5.41, 5.74) is 0. The van der Waals surface area contributed by atoms with Crippen LogP contribution < -0.4 is 0 Å². The maximum absolute atomic E-state index is 11.3. The van der Waals surface area contributed by atoms with Crippen molar-refractivity contribution in [2.24, 2.45) is 0 Å². The Bertz CT molecular complexity index is 159. The van der Waals surface area contributed by atoms with Crippen molar-refractivity contribution in [1.29, 1.82) is 0 Å². The summed E-state index contributed by atoms with van der Waals surface area (Å²) in [6.45, 7) is 2.80. The molecule has 0 aromatic rings. The number of carbonyl (C=O) groups is 1. The first kappa shape index (κ1) is 10.2. The first-order chi connectivity index (χ1) is 5.79. The summed E-state index contributed by atoms with van der Waals surface area (Å²) in [6, 6.07) is 0.436. The number of hydrogen-bond acceptors (Lipinski definition) is 2. The second-order valence-electron chi connectivity index (χ2n) is 2.83. The lowest BCUT2D eigenvalue weighted by Crippen LogP contribution is -2.40. The highest BCUT2D eigenvalue weighted by molar-refractivity contribution is 7.99. The van der Waals surface area contributed by atoms with Gasteiger partial charge in [0.05, 0.1) is 0 Å². The van der Waals surface area contributed by atoms with Gasteiger partial charge in [-0.15, -0.1) is 11.6 Å². The van der Waals surface area contributed by atoms with Gasteiger partial charge in [-0.05, 0) is 19.1 Å². The van der Waals surface area contributed by atoms with Crippen molar-refractivity contribution in [2.75, 3.05) is 23.9 Å². The van der Waals surface area contributed by atoms with Gasteiger partial charge in [-0.3, -0.25) is 4.79 Å². The van der Waals surface area contributed by atoms with Gasteiger partial charge in [-0.1, -0.05) is 0 Å². The minimum Gasteiger partial charge on any atom is -0.338 e. The lowest BCUT2D eigenvalue weighted by molar-refractivity contribution is -0.130. The molecule has 1 rings (SSSR count). The molecule has 0 aromatic carbocycles. The van der Waals surface area contributed by atoms with E-state index in [1.165, 1.54) is 5.75 Å². The molecule has 4 heteroatoms. The van der Waals surface area contributed by atoms with Crippen LogP contribution in [0.4, 0.5) is 0 Å². The van der Waals surface area contributed by atoms with Crippen LogP contribution in [0.1, 0.15) is 13.3 Å². The molecule has 1 amide bonds. The fraction of sp³-hybridized carbons (Fsp3) is 0.875. The Balaban J connectivity index is 2.48. The number of carbonyl (C=O) groups excluding carboxylic acids is 1. The van der Waals surface area contributed by atoms with E-state index < -0.39 is 0 Å². The van der Waals surface area contributed by atoms with E-state index >= 15 is 0 Å². The number of nitrogens with zero attached hydrogens (tertiary/aromatic N) is 1. The minimum absolute atomic E-state index is 0.0756. The maximum atomic E-state index is 11.3. The van der Waals surface area contributed by atoms with Gasteiger partial charge in [0.1, 0.15) is 5.88 Å². The highest BCUT2D eigenvalue weighted by atomic mass is 35.5. The van der Waals surface area contributed by atoms with Crippen molar-refractivity contribution in [3.63, 3.8) is 0 Å². The van der Waals surface area contributed by atoms with Crippen LogP contribution in [0.5, 0.6) is 0 Å². The Morgan fingerprint density at radius 1 is 1.75 bits per heavy atom. The van der Waals surface area contributed by atoms with Gasteiger partial charge in [0, 0.05) is 18.3 Å². The summed E-state index contributed by atoms with van der Waals surface area (Å²) >= 11 is 7.42. The van der Waals surface area contributed by atoms with E-state index in [-0.39, 0.29) is 11.8 Å². The molecule has 1 heterocycles. The number of amides is 1. The molecule has 0 spiro atoms. The standard InChI is InChI=1S/C8H14ClNOS/c1-2-10(8(11)5-9)7-3-4-12-6-7/h7H,2-6H2,1H3. The average molecular weight is 208 g/mol. The molecule has 1 unspecified atom stereocenters. The monoisotopic (exact) mass is 207 g/mol. The van der Waals surface area contributed by atoms with E-state index in [0.29, 0.717) is 6.04 Å². The third-order valence-electron chi connectivity index (χ3n) is 2.12. The van der Waals surface area contributed by atoms with Crippen molar-refractivity contribution in [3.05, 3.63) is 0 Å². The van der Waals surface area contributed by atoms with Gasteiger partial charge in [0.15, 0.2) is 0 Å². The van der Waals surface area contributed by atoms with Gasteiger partial charge in [-0.25, -0.2) is 0 Å². The van der Waals surface area contributed by atoms with Crippen LogP contribution in [0.3, 0.4) is 0 Å². The van der Waals surface area contributed by atoms with Crippen LogP contribution >= 0.6 is 23.4 Å². The lowest BCUT2D eigenvalue weighted by Gasteiger charge is -2.26. The smallest absolute Gasteiger partial charge is 0.237 e. The summed E-state index contributed by atoms with van der Waals surface area (Å²) in [7, 11) is 0. The Labute approximate surface area is 82.6 Å². The lowest BCUT2D eigenvalue weighted by atomic mass is 10.2. The Morgan fingerprint density at radius 2 is 2.50 bits per heavy atom. The van der Waals surface area contributed by atoms with Crippen molar-refractivity contribution < 1.29 is 4.79 Å². The molecule has 0 aromatic heterocycles. The second-order valence-corrected chi connectivity index (χ2v) is 4.25. The van der Waals surface area contributed by atoms with E-state index in [1.54, 1.807) is 0 Å². The molecule has 1 saturated heterocycles. The zero-order valence-corrected chi connectivity index (χ0v) is 8.83. The van der Waals surface area contributed by atoms with Crippen LogP contribution in [0.15, 0.2) is 0 Å². The summed E-state index contributed by atoms with van der Waals surface area (Å²) in [6.07, 6.45) is 1.13. The van der Waals surface area contributed by atoms with Gasteiger partial charge in [-0.2, -0.15) is 11.8 Å². The molecule has 1 fully saturated rings. The van der Waals surface area contributed by atoms with Gasteiger partial charge in [0.2, 0.25) is 5.91 Å². The summed E-state index contributed by atoms with van der Waals surface area (Å²) in [5, 5.41) is 0. The second kappa shape index (κ2) is 4.97. The molecule has 0 N–H and O–H groups in total. The molecule has 2 nitrogen and oxygen atoms in total. The molecule has 0 bridgehead atoms. The maximum Gasteiger partial charge on any atom is 0.237 e. The minimum atomic E-state index is 0.0756. The van der Waals surface area contributed by atoms with Crippen LogP contribution in [0, 0.1) is 0 Å². The van der Waals surface area contributed by atoms with E-state index in [1.807, 2.05) is 23.6 Å². The first-order valence-corrected chi connectivity index (χ1v) is 5.91. The van der Waals surface area contributed by atoms with Gasteiger partial charge < -0.3 is 4.90 Å². The van der Waals surface area contributed by atoms with E-state index in [0.717, 1.165) is 18.7 Å². The fourth-order valence-corrected chi connectivity index (χ4v) is 2.86. The van der Waals surface area contributed by atoms with Gasteiger partial charge >= 0.3 is 0 Å². The van der Waals surface area contributed by atoms with Crippen LogP contribution in [0.25, 0.3) is 0 Å². The fourth-order valence-electron chi connectivity index (χ4n) is 1.48. The molecular weight excluding hydrogens is 194 g/mol. The Kier molecular flexibility index (Phi) is 4.22. The number of rotatable bonds is 3. The number of hydrogen-bond donors (Lipinski definition) is 0. The van der Waals surface area contributed by atoms with Gasteiger partial charge in [0.25, 0.3) is 0 Å². The highest BCUT2D eigenvalue weighted by Gasteiger charge is 2.24. The predicted molar refractivity (Wildman–Crippen MR) is 53.8 cm³/mol. The molecule has 1 aliphatic rings. The zero-order chi connectivity index (χ0) is 8.97. The average Bonchev–Trinajstić information content (AvgIpc) is 2.58. The molecule has 70 valence electrons. The third-order valence-corrected chi connectivity index (χ3v) is 3.50. The van der Waals surface area contributed by atoms with E-state index in [2.05, 4.69) is 0 Å². The third kappa shape index (κ3) is 2.30.